The number of amidine groups is 1. The molecule has 106 valence electrons. The first-order chi connectivity index (χ1) is 9.83. The number of hydrogen-bond acceptors (Lipinski definition) is 4. The van der Waals surface area contributed by atoms with Crippen molar-refractivity contribution in [2.75, 3.05) is 13.1 Å². The number of hydrogen-bond donors (Lipinski definition) is 1. The first kappa shape index (κ1) is 12.4. The molecule has 1 spiro atoms. The Morgan fingerprint density at radius 2 is 1.95 bits per heavy atom. The van der Waals surface area contributed by atoms with Crippen LogP contribution in [0.4, 0.5) is 0 Å². The second kappa shape index (κ2) is 4.86. The number of rotatable bonds is 3. The van der Waals surface area contributed by atoms with Crippen LogP contribution in [0.2, 0.25) is 0 Å². The van der Waals surface area contributed by atoms with Crippen molar-refractivity contribution in [1.82, 2.24) is 10.4 Å². The van der Waals surface area contributed by atoms with Crippen molar-refractivity contribution in [2.45, 2.75) is 38.0 Å². The summed E-state index contributed by atoms with van der Waals surface area (Å²) in [5.41, 5.74) is 4.19. The van der Waals surface area contributed by atoms with Gasteiger partial charge in [0, 0.05) is 38.4 Å². The van der Waals surface area contributed by atoms with E-state index in [9.17, 15) is 0 Å². The van der Waals surface area contributed by atoms with Gasteiger partial charge < -0.3 is 0 Å². The maximum Gasteiger partial charge on any atom is 0.189 e. The predicted octanol–water partition coefficient (Wildman–Crippen LogP) is 2.32. The summed E-state index contributed by atoms with van der Waals surface area (Å²) in [7, 11) is 0. The van der Waals surface area contributed by atoms with E-state index in [1.54, 1.807) is 0 Å². The highest BCUT2D eigenvalue weighted by atomic mass is 16.7. The van der Waals surface area contributed by atoms with E-state index in [4.69, 9.17) is 9.83 Å². The highest BCUT2D eigenvalue weighted by Crippen LogP contribution is 2.37. The second-order valence-corrected chi connectivity index (χ2v) is 6.18. The largest absolute Gasteiger partial charge is 0.299 e. The Morgan fingerprint density at radius 3 is 2.65 bits per heavy atom. The Hall–Kier alpha value is -1.39. The molecule has 1 saturated heterocycles. The number of piperidine rings is 1. The summed E-state index contributed by atoms with van der Waals surface area (Å²) in [6.45, 7) is 3.14. The van der Waals surface area contributed by atoms with E-state index < -0.39 is 0 Å². The van der Waals surface area contributed by atoms with Gasteiger partial charge in [-0.15, -0.1) is 0 Å². The molecule has 1 N–H and O–H groups in total. The number of hydroxylamine groups is 1. The molecule has 2 aliphatic heterocycles. The number of nitrogens with one attached hydrogen (secondary N) is 1. The third-order valence-electron chi connectivity index (χ3n) is 4.52. The third kappa shape index (κ3) is 2.45. The van der Waals surface area contributed by atoms with Crippen LogP contribution in [0.15, 0.2) is 35.3 Å². The Labute approximate surface area is 119 Å². The summed E-state index contributed by atoms with van der Waals surface area (Å²) in [5.74, 6) is 1.75. The Morgan fingerprint density at radius 1 is 1.20 bits per heavy atom. The zero-order valence-electron chi connectivity index (χ0n) is 11.7. The van der Waals surface area contributed by atoms with Crippen LogP contribution in [0.25, 0.3) is 0 Å². The van der Waals surface area contributed by atoms with Crippen LogP contribution in [-0.4, -0.2) is 29.6 Å². The van der Waals surface area contributed by atoms with Crippen LogP contribution >= 0.6 is 0 Å². The molecule has 0 unspecified atom stereocenters. The smallest absolute Gasteiger partial charge is 0.189 e. The van der Waals surface area contributed by atoms with E-state index >= 15 is 0 Å². The molecular weight excluding hydrogens is 250 g/mol. The molecule has 1 aromatic rings. The van der Waals surface area contributed by atoms with E-state index in [1.165, 1.54) is 18.4 Å². The lowest BCUT2D eigenvalue weighted by atomic mass is 10.0. The fourth-order valence-corrected chi connectivity index (χ4v) is 3.06. The molecule has 0 amide bonds. The number of nitrogens with zero attached hydrogens (tertiary/aromatic N) is 2. The highest BCUT2D eigenvalue weighted by Gasteiger charge is 2.43. The molecule has 1 aliphatic carbocycles. The lowest BCUT2D eigenvalue weighted by Crippen LogP contribution is -2.44. The molecule has 0 bridgehead atoms. The molecule has 4 heteroatoms. The molecule has 1 saturated carbocycles. The van der Waals surface area contributed by atoms with Gasteiger partial charge >= 0.3 is 0 Å². The molecule has 0 radical (unpaired) electrons. The first-order valence-corrected chi connectivity index (χ1v) is 7.63. The van der Waals surface area contributed by atoms with Crippen molar-refractivity contribution in [3.63, 3.8) is 0 Å². The Bertz CT molecular complexity index is 502. The lowest BCUT2D eigenvalue weighted by Gasteiger charge is -2.35. The average Bonchev–Trinajstić information content (AvgIpc) is 3.26. The van der Waals surface area contributed by atoms with E-state index in [0.29, 0.717) is 5.92 Å². The summed E-state index contributed by atoms with van der Waals surface area (Å²) < 4.78 is 0. The molecule has 0 atom stereocenters. The van der Waals surface area contributed by atoms with Crippen LogP contribution in [0.1, 0.15) is 31.2 Å². The van der Waals surface area contributed by atoms with Crippen LogP contribution < -0.4 is 5.48 Å². The van der Waals surface area contributed by atoms with E-state index in [0.717, 1.165) is 38.3 Å². The van der Waals surface area contributed by atoms with Crippen molar-refractivity contribution in [2.24, 2.45) is 10.9 Å². The van der Waals surface area contributed by atoms with Gasteiger partial charge in [0.1, 0.15) is 5.84 Å². The third-order valence-corrected chi connectivity index (χ3v) is 4.52. The molecule has 1 aromatic carbocycles. The summed E-state index contributed by atoms with van der Waals surface area (Å²) in [4.78, 5) is 13.1. The minimum Gasteiger partial charge on any atom is -0.299 e. The Balaban J connectivity index is 1.36. The van der Waals surface area contributed by atoms with Crippen molar-refractivity contribution in [3.05, 3.63) is 35.9 Å². The van der Waals surface area contributed by atoms with Gasteiger partial charge in [-0.05, 0) is 18.4 Å². The minimum absolute atomic E-state index is 0.273. The van der Waals surface area contributed by atoms with E-state index in [1.807, 2.05) is 0 Å². The maximum absolute atomic E-state index is 5.81. The maximum atomic E-state index is 5.81. The standard InChI is InChI=1S/C16H21N3O/c1-2-4-13(5-3-1)12-19-10-8-16(9-11-19)17-15(18-20-16)14-6-7-14/h1-5,14H,6-12H2,(H,17,18). The van der Waals surface area contributed by atoms with Crippen molar-refractivity contribution >= 4 is 5.84 Å². The van der Waals surface area contributed by atoms with Crippen LogP contribution in [0.3, 0.4) is 0 Å². The molecule has 4 nitrogen and oxygen atoms in total. The zero-order chi connectivity index (χ0) is 13.4. The van der Waals surface area contributed by atoms with Gasteiger partial charge in [0.25, 0.3) is 0 Å². The molecule has 20 heavy (non-hydrogen) atoms. The minimum atomic E-state index is -0.273. The molecular formula is C16H21N3O. The van der Waals surface area contributed by atoms with E-state index in [-0.39, 0.29) is 5.72 Å². The fourth-order valence-electron chi connectivity index (χ4n) is 3.06. The SMILES string of the molecule is c1ccc(CN2CCC3(CC2)N=C(C2CC2)NO3)cc1. The summed E-state index contributed by atoms with van der Waals surface area (Å²) in [6.07, 6.45) is 4.52. The monoisotopic (exact) mass is 271 g/mol. The first-order valence-electron chi connectivity index (χ1n) is 7.63. The van der Waals surface area contributed by atoms with Gasteiger partial charge in [0.05, 0.1) is 0 Å². The summed E-state index contributed by atoms with van der Waals surface area (Å²) >= 11 is 0. The zero-order valence-corrected chi connectivity index (χ0v) is 11.7. The van der Waals surface area contributed by atoms with Crippen LogP contribution in [0, 0.1) is 5.92 Å². The van der Waals surface area contributed by atoms with Crippen LogP contribution in [0.5, 0.6) is 0 Å². The van der Waals surface area contributed by atoms with Crippen molar-refractivity contribution in [1.29, 1.82) is 0 Å². The molecule has 2 heterocycles. The van der Waals surface area contributed by atoms with Gasteiger partial charge in [-0.25, -0.2) is 9.83 Å². The second-order valence-electron chi connectivity index (χ2n) is 6.18. The quantitative estimate of drug-likeness (QED) is 0.916. The van der Waals surface area contributed by atoms with Crippen molar-refractivity contribution in [3.8, 4) is 0 Å². The van der Waals surface area contributed by atoms with Gasteiger partial charge in [0.15, 0.2) is 5.72 Å². The Kier molecular flexibility index (Phi) is 3.00. The van der Waals surface area contributed by atoms with Crippen molar-refractivity contribution < 1.29 is 4.84 Å². The fraction of sp³-hybridized carbons (Fsp3) is 0.562. The average molecular weight is 271 g/mol. The molecule has 4 rings (SSSR count). The number of benzene rings is 1. The summed E-state index contributed by atoms with van der Waals surface area (Å²) in [6, 6.07) is 10.7. The van der Waals surface area contributed by atoms with Gasteiger partial charge in [-0.1, -0.05) is 30.3 Å². The highest BCUT2D eigenvalue weighted by molar-refractivity contribution is 5.87. The predicted molar refractivity (Wildman–Crippen MR) is 78.1 cm³/mol. The van der Waals surface area contributed by atoms with Gasteiger partial charge in [-0.2, -0.15) is 0 Å². The van der Waals surface area contributed by atoms with Gasteiger partial charge in [-0.3, -0.25) is 10.4 Å². The number of aliphatic imine (C=N–C) groups is 1. The van der Waals surface area contributed by atoms with Gasteiger partial charge in [0.2, 0.25) is 0 Å². The van der Waals surface area contributed by atoms with Crippen LogP contribution in [-0.2, 0) is 11.4 Å². The topological polar surface area (TPSA) is 36.9 Å². The number of likely N-dealkylation sites (tertiary alicyclic amines) is 1. The molecule has 2 fully saturated rings. The summed E-state index contributed by atoms with van der Waals surface area (Å²) in [5, 5.41) is 0. The van der Waals surface area contributed by atoms with E-state index in [2.05, 4.69) is 40.7 Å². The normalized spacial score (nSPS) is 25.5. The molecule has 3 aliphatic rings. The molecule has 0 aromatic heterocycles. The lowest BCUT2D eigenvalue weighted by molar-refractivity contribution is -0.0904.